The van der Waals surface area contributed by atoms with E-state index in [1.165, 1.54) is 6.07 Å². The zero-order chi connectivity index (χ0) is 17.6. The summed E-state index contributed by atoms with van der Waals surface area (Å²) in [6, 6.07) is 6.61. The van der Waals surface area contributed by atoms with E-state index >= 15 is 0 Å². The first-order valence-corrected chi connectivity index (χ1v) is 7.85. The summed E-state index contributed by atoms with van der Waals surface area (Å²) in [7, 11) is 0. The number of alkyl halides is 3. The molecule has 3 heterocycles. The van der Waals surface area contributed by atoms with Crippen LogP contribution in [0.1, 0.15) is 5.56 Å². The summed E-state index contributed by atoms with van der Waals surface area (Å²) in [4.78, 5) is 8.27. The summed E-state index contributed by atoms with van der Waals surface area (Å²) in [5.74, 6) is 0.193. The van der Waals surface area contributed by atoms with Crippen molar-refractivity contribution in [2.75, 3.05) is 0 Å². The number of hydrogen-bond donors (Lipinski definition) is 0. The molecule has 0 atom stereocenters. The fourth-order valence-corrected chi connectivity index (χ4v) is 2.69. The monoisotopic (exact) mass is 408 g/mol. The van der Waals surface area contributed by atoms with E-state index in [4.69, 9.17) is 4.42 Å². The fraction of sp³-hybridized carbons (Fsp3) is 0.0625. The highest BCUT2D eigenvalue weighted by molar-refractivity contribution is 9.10. The minimum Gasteiger partial charge on any atom is -0.436 e. The van der Waals surface area contributed by atoms with E-state index in [9.17, 15) is 13.2 Å². The number of aromatic nitrogens is 4. The zero-order valence-electron chi connectivity index (χ0n) is 12.3. The summed E-state index contributed by atoms with van der Waals surface area (Å²) < 4.78 is 46.4. The summed E-state index contributed by atoms with van der Waals surface area (Å²) >= 11 is 3.27. The molecular weight excluding hydrogens is 401 g/mol. The average molecular weight is 409 g/mol. The second-order valence-corrected chi connectivity index (χ2v) is 5.99. The molecule has 9 heteroatoms. The van der Waals surface area contributed by atoms with E-state index in [0.29, 0.717) is 15.9 Å². The van der Waals surface area contributed by atoms with Crippen molar-refractivity contribution in [1.29, 1.82) is 0 Å². The van der Waals surface area contributed by atoms with Gasteiger partial charge < -0.3 is 4.42 Å². The maximum absolute atomic E-state index is 12.9. The van der Waals surface area contributed by atoms with Gasteiger partial charge in [-0.05, 0) is 46.3 Å². The Labute approximate surface area is 147 Å². The van der Waals surface area contributed by atoms with Crippen molar-refractivity contribution < 1.29 is 17.6 Å². The first-order valence-electron chi connectivity index (χ1n) is 7.05. The molecule has 5 nitrogen and oxygen atoms in total. The lowest BCUT2D eigenvalue weighted by Crippen LogP contribution is -2.03. The standard InChI is InChI=1S/C16H8BrF3N4O/c17-14-4-6-24(23-14)12-8-21-5-3-10(12)15-22-11-7-9(16(18,19)20)1-2-13(11)25-15/h1-8H. The first kappa shape index (κ1) is 15.8. The Balaban J connectivity index is 1.85. The quantitative estimate of drug-likeness (QED) is 0.475. The number of halogens is 4. The van der Waals surface area contributed by atoms with Crippen molar-refractivity contribution in [3.8, 4) is 17.1 Å². The Bertz CT molecular complexity index is 1070. The highest BCUT2D eigenvalue weighted by Gasteiger charge is 2.31. The summed E-state index contributed by atoms with van der Waals surface area (Å²) in [5, 5.41) is 4.24. The van der Waals surface area contributed by atoms with Gasteiger partial charge in [-0.3, -0.25) is 4.98 Å². The van der Waals surface area contributed by atoms with Crippen LogP contribution in [-0.4, -0.2) is 19.7 Å². The lowest BCUT2D eigenvalue weighted by atomic mass is 10.2. The van der Waals surface area contributed by atoms with Gasteiger partial charge in [-0.2, -0.15) is 18.3 Å². The lowest BCUT2D eigenvalue weighted by molar-refractivity contribution is -0.137. The van der Waals surface area contributed by atoms with Crippen molar-refractivity contribution in [3.63, 3.8) is 0 Å². The number of benzene rings is 1. The SMILES string of the molecule is FC(F)(F)c1ccc2oc(-c3ccncc3-n3ccc(Br)n3)nc2c1. The normalized spacial score (nSPS) is 12.0. The third kappa shape index (κ3) is 2.91. The Hall–Kier alpha value is -2.68. The number of rotatable bonds is 2. The minimum absolute atomic E-state index is 0.134. The minimum atomic E-state index is -4.43. The lowest BCUT2D eigenvalue weighted by Gasteiger charge is -2.05. The van der Waals surface area contributed by atoms with Crippen molar-refractivity contribution in [2.45, 2.75) is 6.18 Å². The first-order chi connectivity index (χ1) is 11.9. The van der Waals surface area contributed by atoms with E-state index in [2.05, 4.69) is 31.0 Å². The molecule has 0 aliphatic rings. The van der Waals surface area contributed by atoms with Gasteiger partial charge in [0.05, 0.1) is 23.0 Å². The van der Waals surface area contributed by atoms with Crippen molar-refractivity contribution in [2.24, 2.45) is 0 Å². The number of oxazole rings is 1. The van der Waals surface area contributed by atoms with Crippen molar-refractivity contribution >= 4 is 27.0 Å². The van der Waals surface area contributed by atoms with E-state index in [1.807, 2.05) is 0 Å². The van der Waals surface area contributed by atoms with Crippen LogP contribution in [0.25, 0.3) is 28.2 Å². The van der Waals surface area contributed by atoms with E-state index < -0.39 is 11.7 Å². The Morgan fingerprint density at radius 3 is 2.68 bits per heavy atom. The summed E-state index contributed by atoms with van der Waals surface area (Å²) in [6.45, 7) is 0. The molecule has 126 valence electrons. The van der Waals surface area contributed by atoms with Gasteiger partial charge in [-0.15, -0.1) is 0 Å². The molecule has 0 amide bonds. The molecule has 1 aromatic carbocycles. The van der Waals surface area contributed by atoms with Gasteiger partial charge in [0.15, 0.2) is 5.58 Å². The molecule has 0 aliphatic carbocycles. The smallest absolute Gasteiger partial charge is 0.416 e. The Morgan fingerprint density at radius 1 is 1.12 bits per heavy atom. The number of hydrogen-bond acceptors (Lipinski definition) is 4. The van der Waals surface area contributed by atoms with E-state index in [1.54, 1.807) is 35.4 Å². The van der Waals surface area contributed by atoms with Crippen LogP contribution < -0.4 is 0 Å². The second-order valence-electron chi connectivity index (χ2n) is 5.18. The zero-order valence-corrected chi connectivity index (χ0v) is 13.9. The van der Waals surface area contributed by atoms with E-state index in [0.717, 1.165) is 12.1 Å². The number of fused-ring (bicyclic) bond motifs is 1. The molecular formula is C16H8BrF3N4O. The van der Waals surface area contributed by atoms with Gasteiger partial charge in [-0.1, -0.05) is 0 Å². The molecule has 4 aromatic rings. The summed E-state index contributed by atoms with van der Waals surface area (Å²) in [5.41, 5.74) is 0.790. The van der Waals surface area contributed by atoms with Crippen LogP contribution in [0.2, 0.25) is 0 Å². The predicted octanol–water partition coefficient (Wildman–Crippen LogP) is 4.86. The number of nitrogens with zero attached hydrogens (tertiary/aromatic N) is 4. The highest BCUT2D eigenvalue weighted by Crippen LogP contribution is 2.33. The fourth-order valence-electron chi connectivity index (χ4n) is 2.40. The van der Waals surface area contributed by atoms with Gasteiger partial charge in [0.1, 0.15) is 10.1 Å². The maximum Gasteiger partial charge on any atom is 0.416 e. The molecule has 3 aromatic heterocycles. The van der Waals surface area contributed by atoms with Crippen LogP contribution in [0, 0.1) is 0 Å². The predicted molar refractivity (Wildman–Crippen MR) is 87.1 cm³/mol. The van der Waals surface area contributed by atoms with Gasteiger partial charge in [-0.25, -0.2) is 9.67 Å². The Morgan fingerprint density at radius 2 is 1.96 bits per heavy atom. The highest BCUT2D eigenvalue weighted by atomic mass is 79.9. The molecule has 4 rings (SSSR count). The molecule has 0 spiro atoms. The molecule has 0 saturated carbocycles. The molecule has 0 bridgehead atoms. The second kappa shape index (κ2) is 5.69. The molecule has 0 fully saturated rings. The van der Waals surface area contributed by atoms with Gasteiger partial charge in [0.25, 0.3) is 0 Å². The van der Waals surface area contributed by atoms with Crippen LogP contribution in [-0.2, 0) is 6.18 Å². The van der Waals surface area contributed by atoms with Crippen LogP contribution >= 0.6 is 15.9 Å². The molecule has 0 aliphatic heterocycles. The third-order valence-corrected chi connectivity index (χ3v) is 3.97. The maximum atomic E-state index is 12.9. The molecule has 0 radical (unpaired) electrons. The Kier molecular flexibility index (Phi) is 3.60. The van der Waals surface area contributed by atoms with E-state index in [-0.39, 0.29) is 17.0 Å². The van der Waals surface area contributed by atoms with Crippen molar-refractivity contribution in [3.05, 3.63) is 59.1 Å². The topological polar surface area (TPSA) is 56.7 Å². The third-order valence-electron chi connectivity index (χ3n) is 3.55. The summed E-state index contributed by atoms with van der Waals surface area (Å²) in [6.07, 6.45) is 0.406. The van der Waals surface area contributed by atoms with Crippen LogP contribution in [0.5, 0.6) is 0 Å². The molecule has 0 N–H and O–H groups in total. The van der Waals surface area contributed by atoms with Gasteiger partial charge in [0.2, 0.25) is 5.89 Å². The van der Waals surface area contributed by atoms with Crippen LogP contribution in [0.15, 0.2) is 57.9 Å². The molecule has 0 saturated heterocycles. The largest absolute Gasteiger partial charge is 0.436 e. The average Bonchev–Trinajstić information content (AvgIpc) is 3.19. The van der Waals surface area contributed by atoms with Crippen LogP contribution in [0.4, 0.5) is 13.2 Å². The van der Waals surface area contributed by atoms with Crippen molar-refractivity contribution in [1.82, 2.24) is 19.7 Å². The molecule has 0 unspecified atom stereocenters. The molecule has 25 heavy (non-hydrogen) atoms. The van der Waals surface area contributed by atoms with Gasteiger partial charge >= 0.3 is 6.18 Å². The van der Waals surface area contributed by atoms with Crippen LogP contribution in [0.3, 0.4) is 0 Å². The number of pyridine rings is 1. The van der Waals surface area contributed by atoms with Gasteiger partial charge in [0, 0.05) is 12.4 Å².